The van der Waals surface area contributed by atoms with Crippen LogP contribution in [0.3, 0.4) is 0 Å². The summed E-state index contributed by atoms with van der Waals surface area (Å²) in [5, 5.41) is 11.1. The molecule has 0 aromatic carbocycles. The molecule has 6 heteroatoms. The van der Waals surface area contributed by atoms with Crippen LogP contribution in [-0.4, -0.2) is 42.8 Å². The normalized spacial score (nSPS) is 16.3. The minimum absolute atomic E-state index is 0.0842. The van der Waals surface area contributed by atoms with Gasteiger partial charge in [-0.05, 0) is 31.6 Å². The van der Waals surface area contributed by atoms with Crippen molar-refractivity contribution < 1.29 is 19.4 Å². The predicted octanol–water partition coefficient (Wildman–Crippen LogP) is 0.111. The minimum Gasteiger partial charge on any atom is -0.481 e. The fourth-order valence-corrected chi connectivity index (χ4v) is 1.46. The Kier molecular flexibility index (Phi) is 6.67. The summed E-state index contributed by atoms with van der Waals surface area (Å²) in [6.45, 7) is 1.98. The number of nitrogens with one attached hydrogen (secondary N) is 1. The minimum atomic E-state index is -0.938. The van der Waals surface area contributed by atoms with Crippen LogP contribution in [0.25, 0.3) is 0 Å². The smallest absolute Gasteiger partial charge is 0.303 e. The monoisotopic (exact) mass is 258 g/mol. The van der Waals surface area contributed by atoms with Crippen LogP contribution < -0.4 is 11.1 Å². The van der Waals surface area contributed by atoms with Crippen molar-refractivity contribution >= 4 is 11.9 Å². The number of carbonyl (C=O) groups is 2. The second-order valence-electron chi connectivity index (χ2n) is 4.70. The van der Waals surface area contributed by atoms with Gasteiger partial charge >= 0.3 is 5.97 Å². The number of ether oxygens (including phenoxy) is 1. The van der Waals surface area contributed by atoms with Crippen molar-refractivity contribution in [3.63, 3.8) is 0 Å². The van der Waals surface area contributed by atoms with Gasteiger partial charge in [0.1, 0.15) is 0 Å². The number of rotatable bonds is 10. The molecule has 1 rings (SSSR count). The first-order valence-corrected chi connectivity index (χ1v) is 6.42. The molecule has 1 aliphatic carbocycles. The van der Waals surface area contributed by atoms with Gasteiger partial charge in [-0.25, -0.2) is 0 Å². The lowest BCUT2D eigenvalue weighted by Crippen LogP contribution is -2.41. The van der Waals surface area contributed by atoms with E-state index < -0.39 is 12.0 Å². The number of carboxylic acid groups (broad SMARTS) is 1. The molecule has 1 unspecified atom stereocenters. The van der Waals surface area contributed by atoms with E-state index in [0.717, 1.165) is 18.9 Å². The highest BCUT2D eigenvalue weighted by Crippen LogP contribution is 2.28. The van der Waals surface area contributed by atoms with E-state index in [2.05, 4.69) is 5.32 Å². The molecule has 6 nitrogen and oxygen atoms in total. The molecule has 0 aliphatic heterocycles. The molecule has 1 amide bonds. The first kappa shape index (κ1) is 14.9. The van der Waals surface area contributed by atoms with E-state index in [9.17, 15) is 9.59 Å². The Labute approximate surface area is 107 Å². The molecule has 4 N–H and O–H groups in total. The fraction of sp³-hybridized carbons (Fsp3) is 0.833. The van der Waals surface area contributed by atoms with E-state index in [0.29, 0.717) is 13.2 Å². The van der Waals surface area contributed by atoms with E-state index >= 15 is 0 Å². The summed E-state index contributed by atoms with van der Waals surface area (Å²) in [6.07, 6.45) is 3.38. The van der Waals surface area contributed by atoms with Crippen molar-refractivity contribution in [3.05, 3.63) is 0 Å². The van der Waals surface area contributed by atoms with Crippen LogP contribution in [0.2, 0.25) is 0 Å². The van der Waals surface area contributed by atoms with E-state index in [1.165, 1.54) is 12.8 Å². The average Bonchev–Trinajstić information content (AvgIpc) is 3.14. The molecule has 0 spiro atoms. The van der Waals surface area contributed by atoms with Crippen LogP contribution in [0, 0.1) is 5.92 Å². The van der Waals surface area contributed by atoms with Gasteiger partial charge in [0.25, 0.3) is 0 Å². The topological polar surface area (TPSA) is 102 Å². The Balaban J connectivity index is 1.92. The summed E-state index contributed by atoms with van der Waals surface area (Å²) in [6, 6.07) is -0.742. The lowest BCUT2D eigenvalue weighted by atomic mass is 10.1. The molecule has 0 radical (unpaired) electrons. The van der Waals surface area contributed by atoms with Crippen molar-refractivity contribution in [1.82, 2.24) is 5.32 Å². The second-order valence-corrected chi connectivity index (χ2v) is 4.70. The van der Waals surface area contributed by atoms with E-state index in [1.54, 1.807) is 0 Å². The van der Waals surface area contributed by atoms with Gasteiger partial charge in [-0.2, -0.15) is 0 Å². The molecule has 18 heavy (non-hydrogen) atoms. The summed E-state index contributed by atoms with van der Waals surface area (Å²) in [5.74, 6) is -0.478. The van der Waals surface area contributed by atoms with Gasteiger partial charge in [0, 0.05) is 26.2 Å². The van der Waals surface area contributed by atoms with E-state index in [4.69, 9.17) is 15.6 Å². The van der Waals surface area contributed by atoms with Crippen LogP contribution >= 0.6 is 0 Å². The molecule has 104 valence electrons. The zero-order valence-electron chi connectivity index (χ0n) is 10.6. The molecular formula is C12H22N2O4. The van der Waals surface area contributed by atoms with Gasteiger partial charge in [0.05, 0.1) is 6.04 Å². The summed E-state index contributed by atoms with van der Waals surface area (Å²) in [5.41, 5.74) is 5.55. The number of hydrogen-bond acceptors (Lipinski definition) is 4. The van der Waals surface area contributed by atoms with Crippen LogP contribution in [0.5, 0.6) is 0 Å². The summed E-state index contributed by atoms with van der Waals surface area (Å²) in [4.78, 5) is 21.8. The van der Waals surface area contributed by atoms with Crippen molar-refractivity contribution in [2.24, 2.45) is 11.7 Å². The Bertz CT molecular complexity index is 279. The average molecular weight is 258 g/mol. The maximum Gasteiger partial charge on any atom is 0.303 e. The van der Waals surface area contributed by atoms with Gasteiger partial charge in [0.2, 0.25) is 5.91 Å². The Morgan fingerprint density at radius 3 is 2.78 bits per heavy atom. The predicted molar refractivity (Wildman–Crippen MR) is 66.0 cm³/mol. The van der Waals surface area contributed by atoms with Gasteiger partial charge in [-0.15, -0.1) is 0 Å². The molecule has 0 heterocycles. The number of carbonyl (C=O) groups excluding carboxylic acids is 1. The Morgan fingerprint density at radius 1 is 1.44 bits per heavy atom. The number of aliphatic carboxylic acids is 1. The van der Waals surface area contributed by atoms with Crippen molar-refractivity contribution in [2.75, 3.05) is 19.8 Å². The molecule has 0 aromatic rings. The summed E-state index contributed by atoms with van der Waals surface area (Å²) < 4.78 is 5.42. The van der Waals surface area contributed by atoms with Crippen LogP contribution in [-0.2, 0) is 14.3 Å². The van der Waals surface area contributed by atoms with Gasteiger partial charge in [0.15, 0.2) is 0 Å². The lowest BCUT2D eigenvalue weighted by molar-refractivity contribution is -0.137. The third-order valence-corrected chi connectivity index (χ3v) is 2.82. The standard InChI is InChI=1S/C12H22N2O4/c13-10(4-5-11(15)16)12(17)14-6-1-7-18-8-9-2-3-9/h9-10H,1-8,13H2,(H,14,17)(H,15,16). The molecular weight excluding hydrogens is 236 g/mol. The highest BCUT2D eigenvalue weighted by Gasteiger charge is 2.20. The highest BCUT2D eigenvalue weighted by atomic mass is 16.5. The first-order chi connectivity index (χ1) is 8.59. The molecule has 1 saturated carbocycles. The molecule has 0 aromatic heterocycles. The lowest BCUT2D eigenvalue weighted by Gasteiger charge is -2.11. The summed E-state index contributed by atoms with van der Waals surface area (Å²) in [7, 11) is 0. The largest absolute Gasteiger partial charge is 0.481 e. The zero-order chi connectivity index (χ0) is 13.4. The molecule has 0 bridgehead atoms. The molecule has 1 fully saturated rings. The van der Waals surface area contributed by atoms with E-state index in [-0.39, 0.29) is 18.7 Å². The SMILES string of the molecule is NC(CCC(=O)O)C(=O)NCCCOCC1CC1. The van der Waals surface area contributed by atoms with Crippen LogP contribution in [0.15, 0.2) is 0 Å². The third kappa shape index (κ3) is 7.24. The van der Waals surface area contributed by atoms with Crippen molar-refractivity contribution in [1.29, 1.82) is 0 Å². The van der Waals surface area contributed by atoms with Gasteiger partial charge < -0.3 is 20.9 Å². The molecule has 1 aliphatic rings. The second kappa shape index (κ2) is 8.05. The fourth-order valence-electron chi connectivity index (χ4n) is 1.46. The maximum atomic E-state index is 11.4. The number of carboxylic acids is 1. The van der Waals surface area contributed by atoms with E-state index in [1.807, 2.05) is 0 Å². The quantitative estimate of drug-likeness (QED) is 0.483. The maximum absolute atomic E-state index is 11.4. The Hall–Kier alpha value is -1.14. The summed E-state index contributed by atoms with van der Waals surface area (Å²) >= 11 is 0. The molecule has 0 saturated heterocycles. The van der Waals surface area contributed by atoms with Crippen LogP contribution in [0.4, 0.5) is 0 Å². The van der Waals surface area contributed by atoms with Crippen molar-refractivity contribution in [3.8, 4) is 0 Å². The van der Waals surface area contributed by atoms with Gasteiger partial charge in [-0.3, -0.25) is 9.59 Å². The number of amides is 1. The third-order valence-electron chi connectivity index (χ3n) is 2.82. The van der Waals surface area contributed by atoms with Crippen molar-refractivity contribution in [2.45, 2.75) is 38.1 Å². The highest BCUT2D eigenvalue weighted by molar-refractivity contribution is 5.82. The van der Waals surface area contributed by atoms with Crippen LogP contribution in [0.1, 0.15) is 32.1 Å². The number of nitrogens with two attached hydrogens (primary N) is 1. The number of hydrogen-bond donors (Lipinski definition) is 3. The molecule has 1 atom stereocenters. The van der Waals surface area contributed by atoms with Gasteiger partial charge in [-0.1, -0.05) is 0 Å². The Morgan fingerprint density at radius 2 is 2.17 bits per heavy atom. The zero-order valence-corrected chi connectivity index (χ0v) is 10.6. The first-order valence-electron chi connectivity index (χ1n) is 6.42.